The van der Waals surface area contributed by atoms with Gasteiger partial charge in [0.05, 0.1) is 12.5 Å². The molecule has 3 heteroatoms. The summed E-state index contributed by atoms with van der Waals surface area (Å²) in [5.41, 5.74) is 2.31. The Morgan fingerprint density at radius 1 is 1.40 bits per heavy atom. The smallest absolute Gasteiger partial charge is 0.123 e. The molecule has 1 aromatic rings. The third-order valence-electron chi connectivity index (χ3n) is 2.11. The number of aryl methyl sites for hydroxylation is 1. The van der Waals surface area contributed by atoms with Gasteiger partial charge in [0.25, 0.3) is 0 Å². The van der Waals surface area contributed by atoms with Crippen LogP contribution in [0.15, 0.2) is 18.2 Å². The van der Waals surface area contributed by atoms with Crippen molar-refractivity contribution in [3.63, 3.8) is 0 Å². The van der Waals surface area contributed by atoms with Gasteiger partial charge in [0.1, 0.15) is 5.75 Å². The van der Waals surface area contributed by atoms with E-state index in [1.807, 2.05) is 17.8 Å². The second kappa shape index (κ2) is 7.02. The van der Waals surface area contributed by atoms with Crippen LogP contribution in [0.2, 0.25) is 0 Å². The molecule has 0 aromatic heterocycles. The van der Waals surface area contributed by atoms with Crippen LogP contribution in [-0.2, 0) is 5.88 Å². The van der Waals surface area contributed by atoms with Crippen LogP contribution in [0, 0.1) is 6.92 Å². The summed E-state index contributed by atoms with van der Waals surface area (Å²) < 4.78 is 5.69. The van der Waals surface area contributed by atoms with E-state index in [0.717, 1.165) is 30.1 Å². The van der Waals surface area contributed by atoms with Gasteiger partial charge < -0.3 is 4.74 Å². The lowest BCUT2D eigenvalue weighted by Crippen LogP contribution is -2.00. The highest BCUT2D eigenvalue weighted by molar-refractivity contribution is 7.98. The lowest BCUT2D eigenvalue weighted by Gasteiger charge is -2.10. The fourth-order valence-corrected chi connectivity index (χ4v) is 1.95. The minimum Gasteiger partial charge on any atom is -0.493 e. The molecule has 0 amide bonds. The van der Waals surface area contributed by atoms with E-state index in [1.165, 1.54) is 5.56 Å². The summed E-state index contributed by atoms with van der Waals surface area (Å²) in [5, 5.41) is 0. The molecule has 1 nitrogen and oxygen atoms in total. The average molecular weight is 245 g/mol. The van der Waals surface area contributed by atoms with Crippen molar-refractivity contribution in [3.05, 3.63) is 29.3 Å². The largest absolute Gasteiger partial charge is 0.493 e. The van der Waals surface area contributed by atoms with Gasteiger partial charge in [-0.15, -0.1) is 11.6 Å². The molecule has 0 N–H and O–H groups in total. The molecule has 0 saturated carbocycles. The maximum atomic E-state index is 5.86. The standard InChI is InChI=1S/C12H17ClOS/c1-10-4-5-12(11(8-10)9-13)14-6-3-7-15-2/h4-5,8H,3,6-7,9H2,1-2H3. The summed E-state index contributed by atoms with van der Waals surface area (Å²) in [5.74, 6) is 2.58. The van der Waals surface area contributed by atoms with E-state index < -0.39 is 0 Å². The SMILES string of the molecule is CSCCCOc1ccc(C)cc1CCl. The van der Waals surface area contributed by atoms with Crippen molar-refractivity contribution in [3.8, 4) is 5.75 Å². The second-order valence-corrected chi connectivity index (χ2v) is 4.69. The first kappa shape index (κ1) is 12.7. The number of ether oxygens (including phenoxy) is 1. The van der Waals surface area contributed by atoms with Crippen LogP contribution in [0.4, 0.5) is 0 Å². The van der Waals surface area contributed by atoms with Gasteiger partial charge in [-0.1, -0.05) is 17.7 Å². The summed E-state index contributed by atoms with van der Waals surface area (Å²) >= 11 is 7.70. The summed E-state index contributed by atoms with van der Waals surface area (Å²) in [6, 6.07) is 6.14. The third kappa shape index (κ3) is 4.35. The summed E-state index contributed by atoms with van der Waals surface area (Å²) in [4.78, 5) is 0. The van der Waals surface area contributed by atoms with Gasteiger partial charge in [-0.05, 0) is 31.4 Å². The molecule has 1 aromatic carbocycles. The molecule has 0 bridgehead atoms. The van der Waals surface area contributed by atoms with Gasteiger partial charge in [-0.3, -0.25) is 0 Å². The lowest BCUT2D eigenvalue weighted by atomic mass is 10.1. The number of rotatable bonds is 6. The van der Waals surface area contributed by atoms with Crippen LogP contribution < -0.4 is 4.74 Å². The third-order valence-corrected chi connectivity index (χ3v) is 3.10. The Morgan fingerprint density at radius 3 is 2.87 bits per heavy atom. The van der Waals surface area contributed by atoms with E-state index in [4.69, 9.17) is 16.3 Å². The monoisotopic (exact) mass is 244 g/mol. The molecule has 0 spiro atoms. The molecule has 1 rings (SSSR count). The van der Waals surface area contributed by atoms with Gasteiger partial charge in [-0.25, -0.2) is 0 Å². The van der Waals surface area contributed by atoms with Gasteiger partial charge in [0.15, 0.2) is 0 Å². The molecule has 0 aliphatic carbocycles. The zero-order valence-corrected chi connectivity index (χ0v) is 10.8. The molecule has 0 aliphatic rings. The fourth-order valence-electron chi connectivity index (χ4n) is 1.34. The second-order valence-electron chi connectivity index (χ2n) is 3.44. The van der Waals surface area contributed by atoms with Crippen molar-refractivity contribution in [1.29, 1.82) is 0 Å². The van der Waals surface area contributed by atoms with Crippen LogP contribution in [0.3, 0.4) is 0 Å². The number of hydrogen-bond acceptors (Lipinski definition) is 2. The quantitative estimate of drug-likeness (QED) is 0.555. The van der Waals surface area contributed by atoms with Crippen LogP contribution in [0.25, 0.3) is 0 Å². The van der Waals surface area contributed by atoms with E-state index >= 15 is 0 Å². The first-order valence-corrected chi connectivity index (χ1v) is 6.98. The molecule has 15 heavy (non-hydrogen) atoms. The number of alkyl halides is 1. The number of hydrogen-bond donors (Lipinski definition) is 0. The Bertz CT molecular complexity index is 302. The minimum absolute atomic E-state index is 0.513. The molecular formula is C12H17ClOS. The first-order chi connectivity index (χ1) is 7.27. The van der Waals surface area contributed by atoms with Crippen molar-refractivity contribution in [1.82, 2.24) is 0 Å². The molecule has 0 radical (unpaired) electrons. The number of halogens is 1. The van der Waals surface area contributed by atoms with Crippen molar-refractivity contribution in [2.45, 2.75) is 19.2 Å². The van der Waals surface area contributed by atoms with Crippen molar-refractivity contribution < 1.29 is 4.74 Å². The van der Waals surface area contributed by atoms with E-state index in [-0.39, 0.29) is 0 Å². The summed E-state index contributed by atoms with van der Waals surface area (Å²) in [6.07, 6.45) is 3.19. The van der Waals surface area contributed by atoms with E-state index in [0.29, 0.717) is 5.88 Å². The van der Waals surface area contributed by atoms with Crippen molar-refractivity contribution >= 4 is 23.4 Å². The van der Waals surface area contributed by atoms with Gasteiger partial charge in [0.2, 0.25) is 0 Å². The molecule has 0 aliphatic heterocycles. The Balaban J connectivity index is 2.52. The van der Waals surface area contributed by atoms with E-state index in [9.17, 15) is 0 Å². The first-order valence-electron chi connectivity index (χ1n) is 5.05. The predicted molar refractivity (Wildman–Crippen MR) is 69.2 cm³/mol. The molecule has 84 valence electrons. The zero-order valence-electron chi connectivity index (χ0n) is 9.25. The van der Waals surface area contributed by atoms with E-state index in [2.05, 4.69) is 25.3 Å². The lowest BCUT2D eigenvalue weighted by molar-refractivity contribution is 0.316. The Hall–Kier alpha value is -0.340. The highest BCUT2D eigenvalue weighted by Crippen LogP contribution is 2.22. The van der Waals surface area contributed by atoms with Crippen molar-refractivity contribution in [2.24, 2.45) is 0 Å². The Morgan fingerprint density at radius 2 is 2.20 bits per heavy atom. The Labute approximate surface area is 101 Å². The topological polar surface area (TPSA) is 9.23 Å². The van der Waals surface area contributed by atoms with Crippen LogP contribution in [0.5, 0.6) is 5.75 Å². The number of thioether (sulfide) groups is 1. The van der Waals surface area contributed by atoms with Gasteiger partial charge >= 0.3 is 0 Å². The molecule has 0 heterocycles. The molecule has 0 saturated heterocycles. The normalized spacial score (nSPS) is 10.3. The predicted octanol–water partition coefficient (Wildman–Crippen LogP) is 3.87. The Kier molecular flexibility index (Phi) is 5.96. The fraction of sp³-hybridized carbons (Fsp3) is 0.500. The zero-order chi connectivity index (χ0) is 11.1. The summed E-state index contributed by atoms with van der Waals surface area (Å²) in [6.45, 7) is 2.83. The van der Waals surface area contributed by atoms with Crippen molar-refractivity contribution in [2.75, 3.05) is 18.6 Å². The van der Waals surface area contributed by atoms with E-state index in [1.54, 1.807) is 0 Å². The minimum atomic E-state index is 0.513. The maximum Gasteiger partial charge on any atom is 0.123 e. The van der Waals surface area contributed by atoms with Crippen LogP contribution in [-0.4, -0.2) is 18.6 Å². The maximum absolute atomic E-state index is 5.86. The molecule has 0 atom stereocenters. The molecular weight excluding hydrogens is 228 g/mol. The van der Waals surface area contributed by atoms with Gasteiger partial charge in [-0.2, -0.15) is 11.8 Å². The highest BCUT2D eigenvalue weighted by Gasteiger charge is 2.02. The number of benzene rings is 1. The summed E-state index contributed by atoms with van der Waals surface area (Å²) in [7, 11) is 0. The van der Waals surface area contributed by atoms with Crippen LogP contribution >= 0.6 is 23.4 Å². The molecule has 0 unspecified atom stereocenters. The van der Waals surface area contributed by atoms with Gasteiger partial charge in [0, 0.05) is 5.56 Å². The molecule has 0 fully saturated rings. The van der Waals surface area contributed by atoms with Crippen LogP contribution in [0.1, 0.15) is 17.5 Å². The average Bonchev–Trinajstić information content (AvgIpc) is 2.26. The highest BCUT2D eigenvalue weighted by atomic mass is 35.5.